The maximum Gasteiger partial charge on any atom is 0.276 e. The number of carbonyl (C=O) groups excluding carboxylic acids is 1. The first-order chi connectivity index (χ1) is 10.0. The molecule has 110 valence electrons. The molecule has 1 aromatic carbocycles. The Labute approximate surface area is 127 Å². The van der Waals surface area contributed by atoms with E-state index in [0.29, 0.717) is 29.5 Å². The highest BCUT2D eigenvalue weighted by Crippen LogP contribution is 2.16. The van der Waals surface area contributed by atoms with Gasteiger partial charge in [0.15, 0.2) is 5.69 Å². The summed E-state index contributed by atoms with van der Waals surface area (Å²) in [5.74, 6) is -0.117. The maximum atomic E-state index is 12.5. The molecule has 1 atom stereocenters. The largest absolute Gasteiger partial charge is 0.336 e. The fourth-order valence-corrected chi connectivity index (χ4v) is 2.60. The fourth-order valence-electron chi connectivity index (χ4n) is 2.41. The van der Waals surface area contributed by atoms with Crippen LogP contribution in [0, 0.1) is 6.92 Å². The van der Waals surface area contributed by atoms with Crippen molar-refractivity contribution in [3.63, 3.8) is 0 Å². The van der Waals surface area contributed by atoms with E-state index in [9.17, 15) is 4.79 Å². The molecule has 1 aromatic heterocycles. The SMILES string of the molecule is Cc1nn(-c2cccc(Cl)c2)nc1C(=O)N1CC[C@H](N)C1. The van der Waals surface area contributed by atoms with Crippen LogP contribution in [0.5, 0.6) is 0 Å². The highest BCUT2D eigenvalue weighted by atomic mass is 35.5. The molecule has 21 heavy (non-hydrogen) atoms. The first-order valence-corrected chi connectivity index (χ1v) is 7.17. The Balaban J connectivity index is 1.89. The number of rotatable bonds is 2. The maximum absolute atomic E-state index is 12.5. The lowest BCUT2D eigenvalue weighted by molar-refractivity contribution is 0.0784. The van der Waals surface area contributed by atoms with Crippen molar-refractivity contribution in [2.45, 2.75) is 19.4 Å². The Morgan fingerprint density at radius 2 is 2.24 bits per heavy atom. The summed E-state index contributed by atoms with van der Waals surface area (Å²) in [7, 11) is 0. The summed E-state index contributed by atoms with van der Waals surface area (Å²) in [5, 5.41) is 9.21. The van der Waals surface area contributed by atoms with Crippen LogP contribution in [0.25, 0.3) is 5.69 Å². The molecule has 0 radical (unpaired) electrons. The van der Waals surface area contributed by atoms with Crippen LogP contribution < -0.4 is 5.73 Å². The van der Waals surface area contributed by atoms with Crippen LogP contribution in [0.1, 0.15) is 22.6 Å². The van der Waals surface area contributed by atoms with Crippen molar-refractivity contribution in [2.24, 2.45) is 5.73 Å². The fraction of sp³-hybridized carbons (Fsp3) is 0.357. The van der Waals surface area contributed by atoms with Crippen LogP contribution in [0.3, 0.4) is 0 Å². The number of likely N-dealkylation sites (tertiary alicyclic amines) is 1. The quantitative estimate of drug-likeness (QED) is 0.910. The minimum atomic E-state index is -0.117. The van der Waals surface area contributed by atoms with Crippen LogP contribution in [0.15, 0.2) is 24.3 Å². The third kappa shape index (κ3) is 2.77. The van der Waals surface area contributed by atoms with Gasteiger partial charge >= 0.3 is 0 Å². The van der Waals surface area contributed by atoms with Gasteiger partial charge in [0.1, 0.15) is 0 Å². The Morgan fingerprint density at radius 1 is 1.43 bits per heavy atom. The van der Waals surface area contributed by atoms with E-state index in [0.717, 1.165) is 12.1 Å². The van der Waals surface area contributed by atoms with E-state index in [1.807, 2.05) is 12.1 Å². The number of halogens is 1. The van der Waals surface area contributed by atoms with Gasteiger partial charge < -0.3 is 10.6 Å². The summed E-state index contributed by atoms with van der Waals surface area (Å²) in [4.78, 5) is 15.6. The number of carbonyl (C=O) groups is 1. The average molecular weight is 306 g/mol. The minimum absolute atomic E-state index is 0.0530. The van der Waals surface area contributed by atoms with Crippen molar-refractivity contribution in [3.8, 4) is 5.69 Å². The number of amides is 1. The van der Waals surface area contributed by atoms with Gasteiger partial charge in [0.2, 0.25) is 0 Å². The highest BCUT2D eigenvalue weighted by Gasteiger charge is 2.28. The second-order valence-corrected chi connectivity index (χ2v) is 5.64. The second kappa shape index (κ2) is 5.46. The third-order valence-corrected chi connectivity index (χ3v) is 3.77. The minimum Gasteiger partial charge on any atom is -0.336 e. The lowest BCUT2D eigenvalue weighted by Crippen LogP contribution is -2.32. The van der Waals surface area contributed by atoms with Crippen LogP contribution in [-0.2, 0) is 0 Å². The molecular formula is C14H16ClN5O. The molecule has 0 aliphatic carbocycles. The number of hydrogen-bond acceptors (Lipinski definition) is 4. The van der Waals surface area contributed by atoms with Crippen LogP contribution in [0.4, 0.5) is 0 Å². The predicted octanol–water partition coefficient (Wildman–Crippen LogP) is 1.40. The smallest absolute Gasteiger partial charge is 0.276 e. The van der Waals surface area contributed by atoms with Gasteiger partial charge in [0.05, 0.1) is 11.4 Å². The summed E-state index contributed by atoms with van der Waals surface area (Å²) in [6.07, 6.45) is 0.827. The molecule has 6 nitrogen and oxygen atoms in total. The number of aryl methyl sites for hydroxylation is 1. The Morgan fingerprint density at radius 3 is 2.90 bits per heavy atom. The predicted molar refractivity (Wildman–Crippen MR) is 79.6 cm³/mol. The zero-order valence-electron chi connectivity index (χ0n) is 11.7. The lowest BCUT2D eigenvalue weighted by atomic mass is 10.3. The van der Waals surface area contributed by atoms with E-state index in [1.165, 1.54) is 4.80 Å². The normalized spacial score (nSPS) is 18.2. The van der Waals surface area contributed by atoms with Gasteiger partial charge in [-0.1, -0.05) is 17.7 Å². The highest BCUT2D eigenvalue weighted by molar-refractivity contribution is 6.30. The van der Waals surface area contributed by atoms with E-state index < -0.39 is 0 Å². The van der Waals surface area contributed by atoms with E-state index in [2.05, 4.69) is 10.2 Å². The molecule has 2 aromatic rings. The number of nitrogens with zero attached hydrogens (tertiary/aromatic N) is 4. The molecule has 0 bridgehead atoms. The van der Waals surface area contributed by atoms with E-state index in [4.69, 9.17) is 17.3 Å². The number of aromatic nitrogens is 3. The van der Waals surface area contributed by atoms with E-state index >= 15 is 0 Å². The Hall–Kier alpha value is -1.92. The molecule has 0 saturated carbocycles. The van der Waals surface area contributed by atoms with Gasteiger partial charge in [-0.15, -0.1) is 5.10 Å². The molecule has 1 saturated heterocycles. The van der Waals surface area contributed by atoms with Gasteiger partial charge in [0.25, 0.3) is 5.91 Å². The lowest BCUT2D eigenvalue weighted by Gasteiger charge is -2.13. The van der Waals surface area contributed by atoms with Gasteiger partial charge in [-0.25, -0.2) is 0 Å². The zero-order chi connectivity index (χ0) is 15.0. The van der Waals surface area contributed by atoms with Crippen LogP contribution in [0.2, 0.25) is 5.02 Å². The molecule has 3 rings (SSSR count). The summed E-state index contributed by atoms with van der Waals surface area (Å²) in [5.41, 5.74) is 7.53. The van der Waals surface area contributed by atoms with Crippen molar-refractivity contribution < 1.29 is 4.79 Å². The Kier molecular flexibility index (Phi) is 3.65. The van der Waals surface area contributed by atoms with Gasteiger partial charge in [-0.3, -0.25) is 4.79 Å². The van der Waals surface area contributed by atoms with Gasteiger partial charge in [-0.2, -0.15) is 9.90 Å². The topological polar surface area (TPSA) is 77.0 Å². The van der Waals surface area contributed by atoms with Crippen LogP contribution in [-0.4, -0.2) is 44.9 Å². The van der Waals surface area contributed by atoms with Crippen molar-refractivity contribution >= 4 is 17.5 Å². The summed E-state index contributed by atoms with van der Waals surface area (Å²) >= 11 is 5.97. The molecule has 2 N–H and O–H groups in total. The molecule has 1 amide bonds. The molecule has 0 spiro atoms. The van der Waals surface area contributed by atoms with Crippen molar-refractivity contribution in [3.05, 3.63) is 40.7 Å². The van der Waals surface area contributed by atoms with Crippen molar-refractivity contribution in [1.29, 1.82) is 0 Å². The molecule has 1 fully saturated rings. The summed E-state index contributed by atoms with van der Waals surface area (Å²) in [6, 6.07) is 7.24. The molecule has 7 heteroatoms. The van der Waals surface area contributed by atoms with E-state index in [1.54, 1.807) is 24.0 Å². The zero-order valence-corrected chi connectivity index (χ0v) is 12.4. The monoisotopic (exact) mass is 305 g/mol. The van der Waals surface area contributed by atoms with Gasteiger partial charge in [0, 0.05) is 24.2 Å². The first kappa shape index (κ1) is 14.0. The summed E-state index contributed by atoms with van der Waals surface area (Å²) < 4.78 is 0. The third-order valence-electron chi connectivity index (χ3n) is 3.54. The van der Waals surface area contributed by atoms with Crippen molar-refractivity contribution in [1.82, 2.24) is 19.9 Å². The number of hydrogen-bond donors (Lipinski definition) is 1. The number of benzene rings is 1. The van der Waals surface area contributed by atoms with Gasteiger partial charge in [-0.05, 0) is 31.5 Å². The average Bonchev–Trinajstić information content (AvgIpc) is 3.04. The molecule has 2 heterocycles. The molecular weight excluding hydrogens is 290 g/mol. The standard InChI is InChI=1S/C14H16ClN5O/c1-9-13(14(21)19-6-5-11(16)8-19)18-20(17-9)12-4-2-3-10(15)7-12/h2-4,7,11H,5-6,8,16H2,1H3/t11-/m0/s1. The first-order valence-electron chi connectivity index (χ1n) is 6.79. The Bertz CT molecular complexity index is 684. The van der Waals surface area contributed by atoms with Crippen LogP contribution >= 0.6 is 11.6 Å². The summed E-state index contributed by atoms with van der Waals surface area (Å²) in [6.45, 7) is 3.02. The molecule has 1 aliphatic heterocycles. The second-order valence-electron chi connectivity index (χ2n) is 5.20. The van der Waals surface area contributed by atoms with Crippen molar-refractivity contribution in [2.75, 3.05) is 13.1 Å². The van der Waals surface area contributed by atoms with E-state index in [-0.39, 0.29) is 11.9 Å². The molecule has 0 unspecified atom stereocenters. The number of nitrogens with two attached hydrogens (primary N) is 1. The molecule has 1 aliphatic rings.